The van der Waals surface area contributed by atoms with E-state index in [2.05, 4.69) is 5.43 Å². The number of carbonyl (C=O) groups is 2. The first-order valence-corrected chi connectivity index (χ1v) is 6.79. The summed E-state index contributed by atoms with van der Waals surface area (Å²) >= 11 is 0. The van der Waals surface area contributed by atoms with E-state index < -0.39 is 12.2 Å². The number of allylic oxidation sites excluding steroid dienone is 2. The first kappa shape index (κ1) is 13.7. The van der Waals surface area contributed by atoms with Gasteiger partial charge in [0.25, 0.3) is 0 Å². The minimum atomic E-state index is -0.630. The number of rotatable bonds is 4. The molecular weight excluding hydrogens is 248 g/mol. The molecule has 2 amide bonds. The van der Waals surface area contributed by atoms with Crippen molar-refractivity contribution in [2.75, 3.05) is 13.2 Å². The van der Waals surface area contributed by atoms with E-state index >= 15 is 0 Å². The lowest BCUT2D eigenvalue weighted by molar-refractivity contribution is 0.0852. The van der Waals surface area contributed by atoms with Gasteiger partial charge in [0.2, 0.25) is 0 Å². The number of amides is 2. The van der Waals surface area contributed by atoms with E-state index in [1.54, 1.807) is 13.8 Å². The Balaban J connectivity index is 2.11. The van der Waals surface area contributed by atoms with E-state index in [4.69, 9.17) is 9.47 Å². The van der Waals surface area contributed by atoms with Crippen molar-refractivity contribution in [3.63, 3.8) is 0 Å². The third-order valence-electron chi connectivity index (χ3n) is 3.00. The summed E-state index contributed by atoms with van der Waals surface area (Å²) in [6.45, 7) is 3.99. The van der Waals surface area contributed by atoms with Crippen molar-refractivity contribution >= 4 is 12.2 Å². The Kier molecular flexibility index (Phi) is 4.29. The molecule has 2 fully saturated rings. The number of nitrogens with one attached hydrogen (secondary N) is 1. The van der Waals surface area contributed by atoms with Gasteiger partial charge in [0.1, 0.15) is 0 Å². The van der Waals surface area contributed by atoms with Gasteiger partial charge in [0.05, 0.1) is 13.2 Å². The molecule has 0 radical (unpaired) electrons. The van der Waals surface area contributed by atoms with Crippen LogP contribution >= 0.6 is 0 Å². The normalized spacial score (nSPS) is 16.6. The number of ether oxygens (including phenoxy) is 2. The van der Waals surface area contributed by atoms with E-state index in [1.165, 1.54) is 10.6 Å². The summed E-state index contributed by atoms with van der Waals surface area (Å²) in [4.78, 5) is 23.5. The Bertz CT molecular complexity index is 395. The summed E-state index contributed by atoms with van der Waals surface area (Å²) in [5.74, 6) is 0.365. The molecule has 2 aliphatic carbocycles. The number of carbonyl (C=O) groups excluding carboxylic acids is 2. The molecule has 0 aromatic rings. The number of hydrogen-bond donors (Lipinski definition) is 1. The Morgan fingerprint density at radius 3 is 2.32 bits per heavy atom. The molecule has 2 rings (SSSR count). The van der Waals surface area contributed by atoms with Gasteiger partial charge in [0.15, 0.2) is 0 Å². The molecule has 0 saturated heterocycles. The van der Waals surface area contributed by atoms with Crippen LogP contribution in [0.4, 0.5) is 9.59 Å². The van der Waals surface area contributed by atoms with Crippen LogP contribution in [-0.2, 0) is 9.47 Å². The van der Waals surface area contributed by atoms with E-state index in [0.29, 0.717) is 5.92 Å². The molecule has 0 spiro atoms. The first-order valence-electron chi connectivity index (χ1n) is 6.79. The van der Waals surface area contributed by atoms with Crippen molar-refractivity contribution < 1.29 is 19.1 Å². The minimum absolute atomic E-state index is 0.262. The fraction of sp³-hybridized carbons (Fsp3) is 0.692. The van der Waals surface area contributed by atoms with Crippen molar-refractivity contribution in [1.29, 1.82) is 0 Å². The van der Waals surface area contributed by atoms with Crippen molar-refractivity contribution in [3.05, 3.63) is 11.3 Å². The number of hydrazine groups is 1. The van der Waals surface area contributed by atoms with Gasteiger partial charge in [-0.05, 0) is 45.1 Å². The molecule has 6 nitrogen and oxygen atoms in total. The zero-order valence-corrected chi connectivity index (χ0v) is 11.4. The molecule has 0 atom stereocenters. The molecule has 1 N–H and O–H groups in total. The van der Waals surface area contributed by atoms with Crippen LogP contribution in [-0.4, -0.2) is 30.4 Å². The summed E-state index contributed by atoms with van der Waals surface area (Å²) in [7, 11) is 0. The molecule has 2 aliphatic rings. The van der Waals surface area contributed by atoms with Gasteiger partial charge >= 0.3 is 12.2 Å². The molecule has 0 aromatic carbocycles. The maximum Gasteiger partial charge on any atom is 0.433 e. The lowest BCUT2D eigenvalue weighted by Crippen LogP contribution is -2.46. The highest BCUT2D eigenvalue weighted by Crippen LogP contribution is 2.45. The highest BCUT2D eigenvalue weighted by Gasteiger charge is 2.39. The topological polar surface area (TPSA) is 67.9 Å². The Labute approximate surface area is 112 Å². The van der Waals surface area contributed by atoms with Crippen LogP contribution in [0.5, 0.6) is 0 Å². The smallest absolute Gasteiger partial charge is 0.433 e. The Hall–Kier alpha value is -1.72. The second kappa shape index (κ2) is 5.95. The number of hydrogen-bond acceptors (Lipinski definition) is 4. The second-order valence-electron chi connectivity index (χ2n) is 4.63. The highest BCUT2D eigenvalue weighted by molar-refractivity contribution is 5.76. The van der Waals surface area contributed by atoms with Gasteiger partial charge in [-0.3, -0.25) is 0 Å². The molecule has 0 bridgehead atoms. The van der Waals surface area contributed by atoms with Gasteiger partial charge < -0.3 is 9.47 Å². The zero-order chi connectivity index (χ0) is 13.8. The third kappa shape index (κ3) is 3.62. The number of nitrogens with zero attached hydrogens (tertiary/aromatic N) is 1. The van der Waals surface area contributed by atoms with E-state index in [1.807, 2.05) is 0 Å². The van der Waals surface area contributed by atoms with Crippen molar-refractivity contribution in [1.82, 2.24) is 10.4 Å². The van der Waals surface area contributed by atoms with E-state index in [9.17, 15) is 9.59 Å². The van der Waals surface area contributed by atoms with Crippen molar-refractivity contribution in [2.24, 2.45) is 5.92 Å². The summed E-state index contributed by atoms with van der Waals surface area (Å²) < 4.78 is 9.83. The van der Waals surface area contributed by atoms with Crippen molar-refractivity contribution in [2.45, 2.75) is 39.5 Å². The van der Waals surface area contributed by atoms with Crippen LogP contribution in [0.15, 0.2) is 11.3 Å². The maximum atomic E-state index is 12.0. The van der Waals surface area contributed by atoms with Crippen LogP contribution in [0.1, 0.15) is 39.5 Å². The fourth-order valence-electron chi connectivity index (χ4n) is 1.95. The minimum Gasteiger partial charge on any atom is -0.449 e. The standard InChI is InChI=1S/C13H20N2O4/c1-3-18-12(16)14-15(13(17)19-4-2)11(9-5-6-9)10-7-8-10/h9H,3-8H2,1-2H3,(H,14,16). The van der Waals surface area contributed by atoms with Crippen LogP contribution < -0.4 is 5.43 Å². The van der Waals surface area contributed by atoms with E-state index in [0.717, 1.165) is 31.4 Å². The molecule has 0 unspecified atom stereocenters. The van der Waals surface area contributed by atoms with Crippen LogP contribution in [0.3, 0.4) is 0 Å². The molecule has 6 heteroatoms. The van der Waals surface area contributed by atoms with Crippen LogP contribution in [0.2, 0.25) is 0 Å². The second-order valence-corrected chi connectivity index (χ2v) is 4.63. The van der Waals surface area contributed by atoms with E-state index in [-0.39, 0.29) is 13.2 Å². The SMILES string of the molecule is CCOC(=O)NN(C(=O)OCC)C(=C1CC1)C1CC1. The largest absolute Gasteiger partial charge is 0.449 e. The van der Waals surface area contributed by atoms with Gasteiger partial charge in [0, 0.05) is 11.6 Å². The fourth-order valence-corrected chi connectivity index (χ4v) is 1.95. The summed E-state index contributed by atoms with van der Waals surface area (Å²) in [6.07, 6.45) is 2.92. The van der Waals surface area contributed by atoms with Crippen molar-refractivity contribution in [3.8, 4) is 0 Å². The quantitative estimate of drug-likeness (QED) is 0.796. The molecule has 19 heavy (non-hydrogen) atoms. The van der Waals surface area contributed by atoms with Gasteiger partial charge in [-0.15, -0.1) is 0 Å². The summed E-state index contributed by atoms with van der Waals surface area (Å²) in [6, 6.07) is 0. The van der Waals surface area contributed by atoms with Crippen LogP contribution in [0, 0.1) is 5.92 Å². The van der Waals surface area contributed by atoms with Gasteiger partial charge in [-0.2, -0.15) is 5.01 Å². The molecule has 2 saturated carbocycles. The molecule has 0 heterocycles. The van der Waals surface area contributed by atoms with Gasteiger partial charge in [-0.25, -0.2) is 15.0 Å². The molecule has 0 aliphatic heterocycles. The predicted octanol–water partition coefficient (Wildman–Crippen LogP) is 2.56. The monoisotopic (exact) mass is 268 g/mol. The first-order chi connectivity index (χ1) is 9.17. The highest BCUT2D eigenvalue weighted by atomic mass is 16.6. The van der Waals surface area contributed by atoms with Gasteiger partial charge in [-0.1, -0.05) is 0 Å². The third-order valence-corrected chi connectivity index (χ3v) is 3.00. The zero-order valence-electron chi connectivity index (χ0n) is 11.4. The average Bonchev–Trinajstić information content (AvgIpc) is 3.23. The summed E-state index contributed by atoms with van der Waals surface area (Å²) in [5, 5.41) is 1.24. The predicted molar refractivity (Wildman–Crippen MR) is 68.0 cm³/mol. The lowest BCUT2D eigenvalue weighted by Gasteiger charge is -2.24. The summed E-state index contributed by atoms with van der Waals surface area (Å²) in [5.41, 5.74) is 4.62. The maximum absolute atomic E-state index is 12.0. The molecule has 0 aromatic heterocycles. The Morgan fingerprint density at radius 1 is 1.21 bits per heavy atom. The molecular formula is C13H20N2O4. The average molecular weight is 268 g/mol. The Morgan fingerprint density at radius 2 is 1.84 bits per heavy atom. The molecule has 106 valence electrons. The lowest BCUT2D eigenvalue weighted by atomic mass is 10.2. The van der Waals surface area contributed by atoms with Crippen LogP contribution in [0.25, 0.3) is 0 Å².